The van der Waals surface area contributed by atoms with Gasteiger partial charge in [0.2, 0.25) is 5.91 Å². The molecule has 1 aromatic rings. The Morgan fingerprint density at radius 1 is 1.24 bits per heavy atom. The first-order valence-corrected chi connectivity index (χ1v) is 8.42. The second-order valence-corrected chi connectivity index (χ2v) is 6.09. The van der Waals surface area contributed by atoms with Gasteiger partial charge >= 0.3 is 0 Å². The molecule has 0 aliphatic carbocycles. The number of benzene rings is 1. The van der Waals surface area contributed by atoms with E-state index in [1.807, 2.05) is 45.0 Å². The number of amides is 1. The lowest BCUT2D eigenvalue weighted by atomic mass is 9.94. The maximum absolute atomic E-state index is 11.9. The molecular formula is C16H26N2O2S. The third kappa shape index (κ3) is 6.40. The second kappa shape index (κ2) is 8.95. The molecule has 0 saturated heterocycles. The number of carbonyl (C=O) groups excluding carboxylic acids is 1. The van der Waals surface area contributed by atoms with Crippen molar-refractivity contribution in [2.24, 2.45) is 5.73 Å². The molecule has 3 N–H and O–H groups in total. The number of hydrogen-bond donors (Lipinski definition) is 2. The van der Waals surface area contributed by atoms with E-state index in [-0.39, 0.29) is 11.4 Å². The smallest absolute Gasteiger partial charge is 0.230 e. The van der Waals surface area contributed by atoms with Crippen molar-refractivity contribution in [2.45, 2.75) is 44.0 Å². The number of hydrogen-bond acceptors (Lipinski definition) is 4. The van der Waals surface area contributed by atoms with Crippen LogP contribution < -0.4 is 15.8 Å². The highest BCUT2D eigenvalue weighted by Crippen LogP contribution is 2.21. The summed E-state index contributed by atoms with van der Waals surface area (Å²) in [4.78, 5) is 12.9. The van der Waals surface area contributed by atoms with Crippen LogP contribution in [0.4, 0.5) is 0 Å². The Bertz CT molecular complexity index is 430. The van der Waals surface area contributed by atoms with Crippen molar-refractivity contribution in [1.29, 1.82) is 0 Å². The lowest BCUT2D eigenvalue weighted by Gasteiger charge is -2.26. The number of ether oxygens (including phenoxy) is 1. The van der Waals surface area contributed by atoms with Gasteiger partial charge in [0.1, 0.15) is 5.75 Å². The summed E-state index contributed by atoms with van der Waals surface area (Å²) in [6.45, 7) is 7.24. The number of nitrogens with two attached hydrogens (primary N) is 1. The molecule has 0 radical (unpaired) electrons. The minimum atomic E-state index is -0.292. The molecule has 5 heteroatoms. The van der Waals surface area contributed by atoms with Gasteiger partial charge in [-0.1, -0.05) is 13.8 Å². The summed E-state index contributed by atoms with van der Waals surface area (Å²) in [5, 5.41) is 2.92. The van der Waals surface area contributed by atoms with Crippen LogP contribution >= 0.6 is 11.8 Å². The summed E-state index contributed by atoms with van der Waals surface area (Å²) in [5.74, 6) is 1.27. The van der Waals surface area contributed by atoms with Crippen molar-refractivity contribution in [3.63, 3.8) is 0 Å². The first-order valence-electron chi connectivity index (χ1n) is 7.44. The van der Waals surface area contributed by atoms with E-state index in [1.54, 1.807) is 0 Å². The zero-order valence-corrected chi connectivity index (χ0v) is 14.0. The highest BCUT2D eigenvalue weighted by atomic mass is 32.2. The Kier molecular flexibility index (Phi) is 7.61. The Morgan fingerprint density at radius 2 is 1.86 bits per heavy atom. The molecule has 0 aromatic heterocycles. The third-order valence-corrected chi connectivity index (χ3v) is 4.56. The van der Waals surface area contributed by atoms with Crippen molar-refractivity contribution in [1.82, 2.24) is 5.32 Å². The zero-order chi connectivity index (χ0) is 15.7. The molecule has 118 valence electrons. The Hall–Kier alpha value is -1.20. The minimum Gasteiger partial charge on any atom is -0.494 e. The molecule has 1 rings (SSSR count). The van der Waals surface area contributed by atoms with E-state index in [2.05, 4.69) is 5.32 Å². The Labute approximate surface area is 131 Å². The topological polar surface area (TPSA) is 64.3 Å². The van der Waals surface area contributed by atoms with Gasteiger partial charge in [-0.2, -0.15) is 0 Å². The van der Waals surface area contributed by atoms with E-state index >= 15 is 0 Å². The number of nitrogens with one attached hydrogen (secondary N) is 1. The zero-order valence-electron chi connectivity index (χ0n) is 13.1. The first kappa shape index (κ1) is 17.9. The monoisotopic (exact) mass is 310 g/mol. The van der Waals surface area contributed by atoms with Gasteiger partial charge in [-0.3, -0.25) is 4.79 Å². The van der Waals surface area contributed by atoms with Crippen LogP contribution in [0.25, 0.3) is 0 Å². The third-order valence-electron chi connectivity index (χ3n) is 3.55. The fraction of sp³-hybridized carbons (Fsp3) is 0.562. The molecule has 21 heavy (non-hydrogen) atoms. The van der Waals surface area contributed by atoms with Crippen molar-refractivity contribution >= 4 is 17.7 Å². The SMILES string of the molecule is CCOc1ccc(SCC(=O)NCC(N)(CC)CC)cc1. The van der Waals surface area contributed by atoms with Gasteiger partial charge in [0.15, 0.2) is 0 Å². The molecule has 0 fully saturated rings. The van der Waals surface area contributed by atoms with E-state index in [0.717, 1.165) is 23.5 Å². The molecule has 1 amide bonds. The number of thioether (sulfide) groups is 1. The summed E-state index contributed by atoms with van der Waals surface area (Å²) < 4.78 is 5.38. The van der Waals surface area contributed by atoms with Crippen molar-refractivity contribution in [3.05, 3.63) is 24.3 Å². The molecule has 0 aliphatic rings. The number of carbonyl (C=O) groups is 1. The predicted molar refractivity (Wildman–Crippen MR) is 88.8 cm³/mol. The standard InChI is InChI=1S/C16H26N2O2S/c1-4-16(17,5-2)12-18-15(19)11-21-14-9-7-13(8-10-14)20-6-3/h7-10H,4-6,11-12,17H2,1-3H3,(H,18,19). The van der Waals surface area contributed by atoms with E-state index in [4.69, 9.17) is 10.5 Å². The summed E-state index contributed by atoms with van der Waals surface area (Å²) in [5.41, 5.74) is 5.87. The Morgan fingerprint density at radius 3 is 2.38 bits per heavy atom. The fourth-order valence-corrected chi connectivity index (χ4v) is 2.50. The average Bonchev–Trinajstić information content (AvgIpc) is 2.52. The normalized spacial score (nSPS) is 11.2. The van der Waals surface area contributed by atoms with Crippen molar-refractivity contribution in [2.75, 3.05) is 18.9 Å². The summed E-state index contributed by atoms with van der Waals surface area (Å²) in [6.07, 6.45) is 1.71. The van der Waals surface area contributed by atoms with E-state index < -0.39 is 0 Å². The first-order chi connectivity index (χ1) is 10.0. The molecule has 0 bridgehead atoms. The van der Waals surface area contributed by atoms with Gasteiger partial charge in [-0.25, -0.2) is 0 Å². The van der Waals surface area contributed by atoms with Crippen molar-refractivity contribution < 1.29 is 9.53 Å². The molecule has 0 spiro atoms. The quantitative estimate of drug-likeness (QED) is 0.688. The molecule has 0 unspecified atom stereocenters. The molecular weight excluding hydrogens is 284 g/mol. The molecule has 1 aromatic carbocycles. The fourth-order valence-electron chi connectivity index (χ4n) is 1.77. The predicted octanol–water partition coefficient (Wildman–Crippen LogP) is 2.81. The van der Waals surface area contributed by atoms with E-state index in [0.29, 0.717) is 18.9 Å². The summed E-state index contributed by atoms with van der Waals surface area (Å²) in [6, 6.07) is 7.77. The van der Waals surface area contributed by atoms with Crippen LogP contribution in [0.5, 0.6) is 5.75 Å². The average molecular weight is 310 g/mol. The molecule has 4 nitrogen and oxygen atoms in total. The highest BCUT2D eigenvalue weighted by Gasteiger charge is 2.20. The van der Waals surface area contributed by atoms with Gasteiger partial charge in [0.25, 0.3) is 0 Å². The van der Waals surface area contributed by atoms with Crippen LogP contribution in [-0.2, 0) is 4.79 Å². The summed E-state index contributed by atoms with van der Waals surface area (Å²) >= 11 is 1.51. The highest BCUT2D eigenvalue weighted by molar-refractivity contribution is 8.00. The van der Waals surface area contributed by atoms with E-state index in [1.165, 1.54) is 11.8 Å². The number of rotatable bonds is 9. The van der Waals surface area contributed by atoms with Gasteiger partial charge in [0, 0.05) is 17.0 Å². The van der Waals surface area contributed by atoms with Gasteiger partial charge in [-0.15, -0.1) is 11.8 Å². The van der Waals surface area contributed by atoms with Crippen LogP contribution in [0, 0.1) is 0 Å². The minimum absolute atomic E-state index is 0.0191. The largest absolute Gasteiger partial charge is 0.494 e. The molecule has 0 heterocycles. The molecule has 0 saturated carbocycles. The Balaban J connectivity index is 2.35. The maximum atomic E-state index is 11.9. The van der Waals surface area contributed by atoms with Gasteiger partial charge < -0.3 is 15.8 Å². The van der Waals surface area contributed by atoms with E-state index in [9.17, 15) is 4.79 Å². The molecule has 0 aliphatic heterocycles. The van der Waals surface area contributed by atoms with Gasteiger partial charge in [-0.05, 0) is 44.0 Å². The van der Waals surface area contributed by atoms with Gasteiger partial charge in [0.05, 0.1) is 12.4 Å². The lowest BCUT2D eigenvalue weighted by molar-refractivity contribution is -0.118. The van der Waals surface area contributed by atoms with Crippen LogP contribution in [-0.4, -0.2) is 30.4 Å². The van der Waals surface area contributed by atoms with Crippen molar-refractivity contribution in [3.8, 4) is 5.75 Å². The molecule has 0 atom stereocenters. The maximum Gasteiger partial charge on any atom is 0.230 e. The van der Waals surface area contributed by atoms with Crippen LogP contribution in [0.3, 0.4) is 0 Å². The van der Waals surface area contributed by atoms with Crippen LogP contribution in [0.2, 0.25) is 0 Å². The lowest BCUT2D eigenvalue weighted by Crippen LogP contribution is -2.49. The summed E-state index contributed by atoms with van der Waals surface area (Å²) in [7, 11) is 0. The van der Waals surface area contributed by atoms with Crippen LogP contribution in [0.1, 0.15) is 33.6 Å². The van der Waals surface area contributed by atoms with Crippen LogP contribution in [0.15, 0.2) is 29.2 Å². The second-order valence-electron chi connectivity index (χ2n) is 5.04.